The normalized spacial score (nSPS) is 13.5. The first-order valence-electron chi connectivity index (χ1n) is 5.00. The van der Waals surface area contributed by atoms with Crippen molar-refractivity contribution in [1.29, 1.82) is 10.5 Å². The van der Waals surface area contributed by atoms with Gasteiger partial charge in [-0.15, -0.1) is 0 Å². The molecule has 4 nitrogen and oxygen atoms in total. The molecule has 0 radical (unpaired) electrons. The molecule has 2 N–H and O–H groups in total. The third-order valence-corrected chi connectivity index (χ3v) is 2.44. The Labute approximate surface area is 95.5 Å². The van der Waals surface area contributed by atoms with Gasteiger partial charge in [0.1, 0.15) is 12.1 Å². The maximum Gasteiger partial charge on any atom is 0.121 e. The third kappa shape index (κ3) is 2.58. The van der Waals surface area contributed by atoms with E-state index in [9.17, 15) is 0 Å². The van der Waals surface area contributed by atoms with E-state index in [1.54, 1.807) is 14.1 Å². The molecule has 2 unspecified atom stereocenters. The van der Waals surface area contributed by atoms with Gasteiger partial charge in [0.05, 0.1) is 12.1 Å². The van der Waals surface area contributed by atoms with Crippen molar-refractivity contribution in [3.63, 3.8) is 0 Å². The molecule has 82 valence electrons. The van der Waals surface area contributed by atoms with Crippen molar-refractivity contribution in [2.75, 3.05) is 14.1 Å². The van der Waals surface area contributed by atoms with Crippen LogP contribution < -0.4 is 10.6 Å². The molecule has 0 bridgehead atoms. The van der Waals surface area contributed by atoms with Crippen LogP contribution in [0.1, 0.15) is 23.2 Å². The zero-order valence-corrected chi connectivity index (χ0v) is 9.36. The van der Waals surface area contributed by atoms with Crippen LogP contribution in [0.4, 0.5) is 0 Å². The molecule has 0 aromatic heterocycles. The molecule has 1 rings (SSSR count). The minimum Gasteiger partial charge on any atom is -0.301 e. The lowest BCUT2D eigenvalue weighted by Crippen LogP contribution is -2.16. The van der Waals surface area contributed by atoms with Crippen LogP contribution in [0.5, 0.6) is 0 Å². The van der Waals surface area contributed by atoms with Crippen LogP contribution in [0.3, 0.4) is 0 Å². The van der Waals surface area contributed by atoms with E-state index >= 15 is 0 Å². The number of nitriles is 2. The van der Waals surface area contributed by atoms with E-state index in [1.165, 1.54) is 0 Å². The minimum atomic E-state index is -0.302. The summed E-state index contributed by atoms with van der Waals surface area (Å²) in [6, 6.07) is 11.2. The fourth-order valence-corrected chi connectivity index (χ4v) is 1.49. The number of hydrogen-bond acceptors (Lipinski definition) is 4. The Bertz CT molecular complexity index is 369. The molecular formula is C12H14N4. The lowest BCUT2D eigenvalue weighted by Gasteiger charge is -2.11. The minimum absolute atomic E-state index is 0.302. The Hall–Kier alpha value is -1.88. The molecule has 0 saturated heterocycles. The molecule has 1 aromatic carbocycles. The summed E-state index contributed by atoms with van der Waals surface area (Å²) in [6.07, 6.45) is 0. The highest BCUT2D eigenvalue weighted by atomic mass is 14.9. The second-order valence-corrected chi connectivity index (χ2v) is 3.37. The smallest absolute Gasteiger partial charge is 0.121 e. The lowest BCUT2D eigenvalue weighted by molar-refractivity contribution is 0.715. The number of nitrogens with one attached hydrogen (secondary N) is 2. The summed E-state index contributed by atoms with van der Waals surface area (Å²) >= 11 is 0. The van der Waals surface area contributed by atoms with Crippen LogP contribution in [-0.4, -0.2) is 14.1 Å². The van der Waals surface area contributed by atoms with Gasteiger partial charge in [-0.3, -0.25) is 0 Å². The highest BCUT2D eigenvalue weighted by molar-refractivity contribution is 5.31. The van der Waals surface area contributed by atoms with E-state index < -0.39 is 0 Å². The molecule has 0 spiro atoms. The monoisotopic (exact) mass is 214 g/mol. The van der Waals surface area contributed by atoms with Crippen molar-refractivity contribution < 1.29 is 0 Å². The first-order valence-corrected chi connectivity index (χ1v) is 5.00. The number of benzene rings is 1. The highest BCUT2D eigenvalue weighted by Crippen LogP contribution is 2.16. The zero-order valence-electron chi connectivity index (χ0n) is 9.36. The molecule has 0 aliphatic rings. The second kappa shape index (κ2) is 5.87. The lowest BCUT2D eigenvalue weighted by atomic mass is 10.0. The summed E-state index contributed by atoms with van der Waals surface area (Å²) in [5, 5.41) is 23.6. The van der Waals surface area contributed by atoms with E-state index in [1.807, 2.05) is 24.3 Å². The first kappa shape index (κ1) is 12.2. The van der Waals surface area contributed by atoms with E-state index in [-0.39, 0.29) is 12.1 Å². The van der Waals surface area contributed by atoms with Crippen molar-refractivity contribution in [3.8, 4) is 12.1 Å². The van der Waals surface area contributed by atoms with Crippen LogP contribution in [0.2, 0.25) is 0 Å². The largest absolute Gasteiger partial charge is 0.301 e. The Morgan fingerprint density at radius 3 is 1.38 bits per heavy atom. The van der Waals surface area contributed by atoms with Gasteiger partial charge in [0.15, 0.2) is 0 Å². The van der Waals surface area contributed by atoms with Crippen LogP contribution in [0, 0.1) is 22.7 Å². The molecule has 2 atom stereocenters. The molecule has 0 fully saturated rings. The summed E-state index contributed by atoms with van der Waals surface area (Å²) in [5.41, 5.74) is 1.81. The van der Waals surface area contributed by atoms with Crippen LogP contribution in [0.15, 0.2) is 24.3 Å². The summed E-state index contributed by atoms with van der Waals surface area (Å²) in [6.45, 7) is 0. The molecule has 4 heteroatoms. The van der Waals surface area contributed by atoms with E-state index in [0.717, 1.165) is 11.1 Å². The van der Waals surface area contributed by atoms with Crippen molar-refractivity contribution in [3.05, 3.63) is 35.4 Å². The molecule has 0 saturated carbocycles. The van der Waals surface area contributed by atoms with Gasteiger partial charge < -0.3 is 10.6 Å². The molecule has 1 aromatic rings. The first-order chi connectivity index (χ1) is 7.76. The summed E-state index contributed by atoms with van der Waals surface area (Å²) in [5.74, 6) is 0. The third-order valence-electron chi connectivity index (χ3n) is 2.44. The highest BCUT2D eigenvalue weighted by Gasteiger charge is 2.10. The Morgan fingerprint density at radius 1 is 0.875 bits per heavy atom. The van der Waals surface area contributed by atoms with Gasteiger partial charge in [0.25, 0.3) is 0 Å². The Morgan fingerprint density at radius 2 is 1.19 bits per heavy atom. The second-order valence-electron chi connectivity index (χ2n) is 3.37. The van der Waals surface area contributed by atoms with Crippen molar-refractivity contribution >= 4 is 0 Å². The number of hydrogen-bond donors (Lipinski definition) is 2. The van der Waals surface area contributed by atoms with E-state index in [4.69, 9.17) is 10.5 Å². The quantitative estimate of drug-likeness (QED) is 0.791. The molecule has 0 aliphatic heterocycles. The summed E-state index contributed by atoms with van der Waals surface area (Å²) < 4.78 is 0. The SMILES string of the molecule is CNC(C#N)c1ccc(C(C#N)NC)cc1. The summed E-state index contributed by atoms with van der Waals surface area (Å²) in [4.78, 5) is 0. The fraction of sp³-hybridized carbons (Fsp3) is 0.333. The van der Waals surface area contributed by atoms with E-state index in [2.05, 4.69) is 22.8 Å². The van der Waals surface area contributed by atoms with Gasteiger partial charge in [-0.1, -0.05) is 24.3 Å². The molecular weight excluding hydrogens is 200 g/mol. The van der Waals surface area contributed by atoms with Gasteiger partial charge in [0, 0.05) is 0 Å². The maximum atomic E-state index is 8.87. The molecule has 0 aliphatic carbocycles. The van der Waals surface area contributed by atoms with Gasteiger partial charge in [-0.25, -0.2) is 0 Å². The predicted octanol–water partition coefficient (Wildman–Crippen LogP) is 1.25. The predicted molar refractivity (Wildman–Crippen MR) is 61.3 cm³/mol. The van der Waals surface area contributed by atoms with Crippen LogP contribution in [-0.2, 0) is 0 Å². The number of rotatable bonds is 4. The Balaban J connectivity index is 2.92. The van der Waals surface area contributed by atoms with Gasteiger partial charge in [-0.2, -0.15) is 10.5 Å². The topological polar surface area (TPSA) is 71.6 Å². The van der Waals surface area contributed by atoms with Gasteiger partial charge in [0.2, 0.25) is 0 Å². The average molecular weight is 214 g/mol. The zero-order chi connectivity index (χ0) is 12.0. The standard InChI is InChI=1S/C12H14N4/c1-15-11(7-13)9-3-5-10(6-4-9)12(8-14)16-2/h3-6,11-12,15-16H,1-2H3. The molecule has 0 amide bonds. The van der Waals surface area contributed by atoms with Crippen LogP contribution >= 0.6 is 0 Å². The molecule has 0 heterocycles. The van der Waals surface area contributed by atoms with E-state index in [0.29, 0.717) is 0 Å². The van der Waals surface area contributed by atoms with Crippen molar-refractivity contribution in [1.82, 2.24) is 10.6 Å². The fourth-order valence-electron chi connectivity index (χ4n) is 1.49. The van der Waals surface area contributed by atoms with Crippen molar-refractivity contribution in [2.45, 2.75) is 12.1 Å². The van der Waals surface area contributed by atoms with Crippen LogP contribution in [0.25, 0.3) is 0 Å². The number of nitrogens with zero attached hydrogens (tertiary/aromatic N) is 2. The maximum absolute atomic E-state index is 8.87. The Kier molecular flexibility index (Phi) is 4.47. The molecule has 16 heavy (non-hydrogen) atoms. The van der Waals surface area contributed by atoms with Gasteiger partial charge >= 0.3 is 0 Å². The van der Waals surface area contributed by atoms with Gasteiger partial charge in [-0.05, 0) is 25.2 Å². The van der Waals surface area contributed by atoms with Crippen molar-refractivity contribution in [2.24, 2.45) is 0 Å². The summed E-state index contributed by atoms with van der Waals surface area (Å²) in [7, 11) is 3.49. The average Bonchev–Trinajstić information content (AvgIpc) is 2.34.